The van der Waals surface area contributed by atoms with Gasteiger partial charge in [-0.25, -0.2) is 0 Å². The van der Waals surface area contributed by atoms with E-state index < -0.39 is 0 Å². The minimum absolute atomic E-state index is 0.0432. The first-order chi connectivity index (χ1) is 8.40. The number of anilines is 1. The normalized spacial score (nSPS) is 9.11. The quantitative estimate of drug-likeness (QED) is 0.897. The molecule has 0 aliphatic rings. The average Bonchev–Trinajstić information content (AvgIpc) is 2.34. The summed E-state index contributed by atoms with van der Waals surface area (Å²) in [5, 5.41) is 3.60. The maximum Gasteiger partial charge on any atom is 0.224 e. The van der Waals surface area contributed by atoms with Crippen molar-refractivity contribution in [2.75, 3.05) is 5.32 Å². The van der Waals surface area contributed by atoms with Gasteiger partial charge in [0, 0.05) is 18.5 Å². The molecule has 2 amide bonds. The first-order valence-corrected chi connectivity index (χ1v) is 6.19. The number of hydrogen-bond donors (Lipinski definition) is 2. The minimum Gasteiger partial charge on any atom is -0.370 e. The Kier molecular flexibility index (Phi) is 8.16. The number of carbonyl (C=O) groups excluding carboxylic acids is 2. The van der Waals surface area contributed by atoms with Gasteiger partial charge in [0.05, 0.1) is 10.0 Å². The average molecular weight is 291 g/mol. The van der Waals surface area contributed by atoms with Gasteiger partial charge in [-0.1, -0.05) is 37.0 Å². The smallest absolute Gasteiger partial charge is 0.224 e. The lowest BCUT2D eigenvalue weighted by Crippen LogP contribution is -2.09. The number of amides is 2. The lowest BCUT2D eigenvalue weighted by molar-refractivity contribution is -0.118. The topological polar surface area (TPSA) is 72.2 Å². The van der Waals surface area contributed by atoms with E-state index in [4.69, 9.17) is 23.2 Å². The molecule has 0 atom stereocenters. The summed E-state index contributed by atoms with van der Waals surface area (Å²) in [4.78, 5) is 20.6. The highest BCUT2D eigenvalue weighted by atomic mass is 35.5. The Labute approximate surface area is 116 Å². The maximum absolute atomic E-state index is 11.0. The SMILES string of the molecule is CCC(=O)Nc1ccc(Cl)c(Cl)c1.CCC(N)=O. The van der Waals surface area contributed by atoms with Crippen LogP contribution in [-0.4, -0.2) is 11.8 Å². The summed E-state index contributed by atoms with van der Waals surface area (Å²) in [7, 11) is 0. The highest BCUT2D eigenvalue weighted by Gasteiger charge is 2.01. The second-order valence-electron chi connectivity index (χ2n) is 3.35. The van der Waals surface area contributed by atoms with Crippen LogP contribution in [0.4, 0.5) is 5.69 Å². The molecule has 1 aromatic carbocycles. The molecule has 0 radical (unpaired) electrons. The van der Waals surface area contributed by atoms with E-state index in [0.717, 1.165) is 0 Å². The molecule has 100 valence electrons. The summed E-state index contributed by atoms with van der Waals surface area (Å²) in [6.07, 6.45) is 0.889. The van der Waals surface area contributed by atoms with Gasteiger partial charge in [0.15, 0.2) is 0 Å². The number of primary amides is 1. The predicted molar refractivity (Wildman–Crippen MR) is 74.9 cm³/mol. The zero-order chi connectivity index (χ0) is 14.1. The highest BCUT2D eigenvalue weighted by Crippen LogP contribution is 2.24. The lowest BCUT2D eigenvalue weighted by atomic mass is 10.3. The molecule has 0 bridgehead atoms. The summed E-state index contributed by atoms with van der Waals surface area (Å²) in [5.74, 6) is -0.289. The third-order valence-corrected chi connectivity index (χ3v) is 2.61. The van der Waals surface area contributed by atoms with Gasteiger partial charge in [-0.2, -0.15) is 0 Å². The maximum atomic E-state index is 11.0. The van der Waals surface area contributed by atoms with Crippen molar-refractivity contribution in [2.24, 2.45) is 5.73 Å². The molecule has 0 spiro atoms. The van der Waals surface area contributed by atoms with Crippen LogP contribution in [-0.2, 0) is 9.59 Å². The van der Waals surface area contributed by atoms with Crippen LogP contribution in [0.5, 0.6) is 0 Å². The number of nitrogens with one attached hydrogen (secondary N) is 1. The number of benzene rings is 1. The van der Waals surface area contributed by atoms with Crippen molar-refractivity contribution in [3.63, 3.8) is 0 Å². The van der Waals surface area contributed by atoms with Crippen molar-refractivity contribution < 1.29 is 9.59 Å². The largest absolute Gasteiger partial charge is 0.370 e. The van der Waals surface area contributed by atoms with Gasteiger partial charge in [0.25, 0.3) is 0 Å². The lowest BCUT2D eigenvalue weighted by Gasteiger charge is -2.04. The zero-order valence-electron chi connectivity index (χ0n) is 10.3. The first kappa shape index (κ1) is 16.7. The van der Waals surface area contributed by atoms with Crippen molar-refractivity contribution in [3.8, 4) is 0 Å². The van der Waals surface area contributed by atoms with Crippen LogP contribution in [0, 0.1) is 0 Å². The van der Waals surface area contributed by atoms with E-state index in [1.807, 2.05) is 0 Å². The molecule has 3 N–H and O–H groups in total. The van der Waals surface area contributed by atoms with Crippen molar-refractivity contribution >= 4 is 40.7 Å². The predicted octanol–water partition coefficient (Wildman–Crippen LogP) is 3.22. The van der Waals surface area contributed by atoms with Gasteiger partial charge in [-0.15, -0.1) is 0 Å². The second-order valence-corrected chi connectivity index (χ2v) is 4.16. The van der Waals surface area contributed by atoms with Gasteiger partial charge < -0.3 is 11.1 Å². The Morgan fingerprint density at radius 2 is 1.72 bits per heavy atom. The van der Waals surface area contributed by atoms with E-state index in [2.05, 4.69) is 11.1 Å². The monoisotopic (exact) mass is 290 g/mol. The Morgan fingerprint density at radius 1 is 1.17 bits per heavy atom. The highest BCUT2D eigenvalue weighted by molar-refractivity contribution is 6.42. The molecule has 0 unspecified atom stereocenters. The van der Waals surface area contributed by atoms with Gasteiger partial charge in [-0.3, -0.25) is 9.59 Å². The van der Waals surface area contributed by atoms with Crippen LogP contribution in [0.2, 0.25) is 10.0 Å². The van der Waals surface area contributed by atoms with Crippen molar-refractivity contribution in [3.05, 3.63) is 28.2 Å². The molecule has 0 saturated carbocycles. The van der Waals surface area contributed by atoms with Crippen LogP contribution in [0.25, 0.3) is 0 Å². The first-order valence-electron chi connectivity index (χ1n) is 5.43. The Balaban J connectivity index is 0.000000494. The molecule has 0 aliphatic heterocycles. The summed E-state index contributed by atoms with van der Waals surface area (Å²) >= 11 is 11.5. The van der Waals surface area contributed by atoms with Gasteiger partial charge in [-0.05, 0) is 18.2 Å². The van der Waals surface area contributed by atoms with Crippen molar-refractivity contribution in [1.29, 1.82) is 0 Å². The Bertz CT molecular complexity index is 423. The minimum atomic E-state index is -0.245. The molecular weight excluding hydrogens is 275 g/mol. The fourth-order valence-electron chi connectivity index (χ4n) is 0.823. The molecule has 18 heavy (non-hydrogen) atoms. The molecule has 1 aromatic rings. The summed E-state index contributed by atoms with van der Waals surface area (Å²) < 4.78 is 0. The number of carbonyl (C=O) groups is 2. The van der Waals surface area contributed by atoms with E-state index in [-0.39, 0.29) is 11.8 Å². The van der Waals surface area contributed by atoms with Gasteiger partial charge in [0.2, 0.25) is 11.8 Å². The number of hydrogen-bond acceptors (Lipinski definition) is 2. The molecule has 0 heterocycles. The van der Waals surface area contributed by atoms with E-state index in [1.54, 1.807) is 32.0 Å². The fourth-order valence-corrected chi connectivity index (χ4v) is 1.12. The molecule has 1 rings (SSSR count). The third kappa shape index (κ3) is 7.14. The van der Waals surface area contributed by atoms with Crippen LogP contribution in [0.15, 0.2) is 18.2 Å². The van der Waals surface area contributed by atoms with Crippen molar-refractivity contribution in [2.45, 2.75) is 26.7 Å². The van der Waals surface area contributed by atoms with Crippen LogP contribution in [0.1, 0.15) is 26.7 Å². The second kappa shape index (κ2) is 8.78. The Hall–Kier alpha value is -1.26. The molecule has 6 heteroatoms. The van der Waals surface area contributed by atoms with E-state index in [9.17, 15) is 9.59 Å². The summed E-state index contributed by atoms with van der Waals surface area (Å²) in [6.45, 7) is 3.51. The standard InChI is InChI=1S/C9H9Cl2NO.C3H7NO/c1-2-9(13)12-6-3-4-7(10)8(11)5-6;1-2-3(4)5/h3-5H,2H2,1H3,(H,12,13);2H2,1H3,(H2,4,5). The third-order valence-electron chi connectivity index (χ3n) is 1.87. The fraction of sp³-hybridized carbons (Fsp3) is 0.333. The van der Waals surface area contributed by atoms with Crippen molar-refractivity contribution in [1.82, 2.24) is 0 Å². The molecule has 4 nitrogen and oxygen atoms in total. The van der Waals surface area contributed by atoms with Gasteiger partial charge >= 0.3 is 0 Å². The van der Waals surface area contributed by atoms with E-state index in [0.29, 0.717) is 28.6 Å². The van der Waals surface area contributed by atoms with E-state index >= 15 is 0 Å². The summed E-state index contributed by atoms with van der Waals surface area (Å²) in [6, 6.07) is 4.98. The zero-order valence-corrected chi connectivity index (χ0v) is 11.8. The molecule has 0 aromatic heterocycles. The van der Waals surface area contributed by atoms with Gasteiger partial charge in [0.1, 0.15) is 0 Å². The molecule has 0 aliphatic carbocycles. The van der Waals surface area contributed by atoms with E-state index in [1.165, 1.54) is 0 Å². The number of nitrogens with two attached hydrogens (primary N) is 1. The van der Waals surface area contributed by atoms with Crippen LogP contribution in [0.3, 0.4) is 0 Å². The number of halogens is 2. The molecule has 0 saturated heterocycles. The molecule has 0 fully saturated rings. The summed E-state index contributed by atoms with van der Waals surface area (Å²) in [5.41, 5.74) is 5.32. The molecular formula is C12H16Cl2N2O2. The van der Waals surface area contributed by atoms with Crippen LogP contribution < -0.4 is 11.1 Å². The number of rotatable bonds is 3. The Morgan fingerprint density at radius 3 is 2.11 bits per heavy atom. The van der Waals surface area contributed by atoms with Crippen LogP contribution >= 0.6 is 23.2 Å².